The molecule has 158 valence electrons. The van der Waals surface area contributed by atoms with E-state index >= 15 is 0 Å². The van der Waals surface area contributed by atoms with Gasteiger partial charge in [-0.3, -0.25) is 0 Å². The summed E-state index contributed by atoms with van der Waals surface area (Å²) >= 11 is 0. The van der Waals surface area contributed by atoms with E-state index in [0.29, 0.717) is 41.9 Å². The van der Waals surface area contributed by atoms with Crippen LogP contribution in [0, 0.1) is 27.7 Å². The van der Waals surface area contributed by atoms with Gasteiger partial charge in [-0.05, 0) is 58.7 Å². The highest BCUT2D eigenvalue weighted by molar-refractivity contribution is 7.89. The minimum atomic E-state index is -3.75. The van der Waals surface area contributed by atoms with Gasteiger partial charge in [-0.1, -0.05) is 11.2 Å². The smallest absolute Gasteiger partial charge is 0.249 e. The summed E-state index contributed by atoms with van der Waals surface area (Å²) in [6.45, 7) is 7.49. The summed E-state index contributed by atoms with van der Waals surface area (Å²) in [5.74, 6) is 1.33. The molecule has 4 rings (SSSR count). The lowest BCUT2D eigenvalue weighted by atomic mass is 10.1. The SMILES string of the molecule is Cc1cc(C)nc(Nc2cccc([C@H]3CCCN3S(=O)(=O)c3c(C)noc3C)n2)n1. The molecule has 0 unspecified atom stereocenters. The second kappa shape index (κ2) is 7.77. The molecule has 0 bridgehead atoms. The lowest BCUT2D eigenvalue weighted by Crippen LogP contribution is -2.31. The third-order valence-electron chi connectivity index (χ3n) is 5.07. The van der Waals surface area contributed by atoms with E-state index < -0.39 is 10.0 Å². The molecule has 0 amide bonds. The van der Waals surface area contributed by atoms with Gasteiger partial charge in [0, 0.05) is 17.9 Å². The van der Waals surface area contributed by atoms with Crippen molar-refractivity contribution in [1.29, 1.82) is 0 Å². The Morgan fingerprint density at radius 2 is 1.83 bits per heavy atom. The van der Waals surface area contributed by atoms with Crippen molar-refractivity contribution in [3.63, 3.8) is 0 Å². The van der Waals surface area contributed by atoms with Gasteiger partial charge in [0.2, 0.25) is 16.0 Å². The Balaban J connectivity index is 1.64. The largest absolute Gasteiger partial charge is 0.360 e. The molecule has 1 fully saturated rings. The summed E-state index contributed by atoms with van der Waals surface area (Å²) in [4.78, 5) is 13.6. The molecule has 1 atom stereocenters. The molecule has 3 aromatic heterocycles. The van der Waals surface area contributed by atoms with Crippen molar-refractivity contribution in [3.8, 4) is 0 Å². The fourth-order valence-electron chi connectivity index (χ4n) is 3.89. The van der Waals surface area contributed by atoms with E-state index in [1.54, 1.807) is 13.8 Å². The molecule has 9 nitrogen and oxygen atoms in total. The number of aryl methyl sites for hydroxylation is 4. The summed E-state index contributed by atoms with van der Waals surface area (Å²) in [6.07, 6.45) is 1.45. The number of hydrogen-bond donors (Lipinski definition) is 1. The highest BCUT2D eigenvalue weighted by atomic mass is 32.2. The molecular weight excluding hydrogens is 404 g/mol. The Morgan fingerprint density at radius 3 is 2.50 bits per heavy atom. The number of aromatic nitrogens is 4. The molecule has 1 saturated heterocycles. The van der Waals surface area contributed by atoms with Crippen molar-refractivity contribution in [3.05, 3.63) is 52.8 Å². The van der Waals surface area contributed by atoms with E-state index in [2.05, 4.69) is 25.4 Å². The molecule has 0 spiro atoms. The van der Waals surface area contributed by atoms with Crippen molar-refractivity contribution in [1.82, 2.24) is 24.4 Å². The van der Waals surface area contributed by atoms with Gasteiger partial charge >= 0.3 is 0 Å². The van der Waals surface area contributed by atoms with Crippen LogP contribution in [0.15, 0.2) is 33.7 Å². The first-order chi connectivity index (χ1) is 14.3. The second-order valence-corrected chi connectivity index (χ2v) is 9.30. The molecule has 1 aliphatic heterocycles. The number of sulfonamides is 1. The van der Waals surface area contributed by atoms with Crippen molar-refractivity contribution < 1.29 is 12.9 Å². The van der Waals surface area contributed by atoms with E-state index in [0.717, 1.165) is 17.8 Å². The molecule has 0 aliphatic carbocycles. The lowest BCUT2D eigenvalue weighted by molar-refractivity contribution is 0.381. The van der Waals surface area contributed by atoms with Crippen molar-refractivity contribution in [2.75, 3.05) is 11.9 Å². The van der Waals surface area contributed by atoms with Gasteiger partial charge in [0.05, 0.1) is 11.7 Å². The fourth-order valence-corrected chi connectivity index (χ4v) is 5.85. The molecule has 0 aromatic carbocycles. The number of anilines is 2. The first-order valence-electron chi connectivity index (χ1n) is 9.76. The summed E-state index contributed by atoms with van der Waals surface area (Å²) in [7, 11) is -3.75. The highest BCUT2D eigenvalue weighted by Crippen LogP contribution is 2.37. The quantitative estimate of drug-likeness (QED) is 0.658. The van der Waals surface area contributed by atoms with E-state index in [1.165, 1.54) is 4.31 Å². The van der Waals surface area contributed by atoms with Gasteiger partial charge in [0.1, 0.15) is 16.4 Å². The number of nitrogens with one attached hydrogen (secondary N) is 1. The van der Waals surface area contributed by atoms with Gasteiger partial charge in [-0.2, -0.15) is 4.31 Å². The molecule has 30 heavy (non-hydrogen) atoms. The van der Waals surface area contributed by atoms with Crippen LogP contribution in [0.4, 0.5) is 11.8 Å². The number of rotatable bonds is 5. The average Bonchev–Trinajstić information content (AvgIpc) is 3.28. The molecule has 1 aliphatic rings. The minimum Gasteiger partial charge on any atom is -0.360 e. The zero-order chi connectivity index (χ0) is 21.5. The zero-order valence-corrected chi connectivity index (χ0v) is 18.2. The van der Waals surface area contributed by atoms with Crippen molar-refractivity contribution in [2.45, 2.75) is 51.5 Å². The maximum atomic E-state index is 13.3. The van der Waals surface area contributed by atoms with Crippen LogP contribution in [-0.4, -0.2) is 39.4 Å². The van der Waals surface area contributed by atoms with E-state index in [9.17, 15) is 8.42 Å². The van der Waals surface area contributed by atoms with Crippen LogP contribution < -0.4 is 5.32 Å². The number of nitrogens with zero attached hydrogens (tertiary/aromatic N) is 5. The number of hydrogen-bond acceptors (Lipinski definition) is 8. The standard InChI is InChI=1S/C20H24N6O3S/c1-12-11-13(2)22-20(21-12)24-18-9-5-7-16(23-18)17-8-6-10-26(17)30(27,28)19-14(3)25-29-15(19)4/h5,7,9,11,17H,6,8,10H2,1-4H3,(H,21,22,23,24)/t17-/m1/s1. The highest BCUT2D eigenvalue weighted by Gasteiger charge is 2.39. The maximum Gasteiger partial charge on any atom is 0.249 e. The topological polar surface area (TPSA) is 114 Å². The Hall–Kier alpha value is -2.85. The Kier molecular flexibility index (Phi) is 5.29. The molecular formula is C20H24N6O3S. The molecule has 10 heteroatoms. The van der Waals surface area contributed by atoms with Gasteiger partial charge in [-0.15, -0.1) is 0 Å². The van der Waals surface area contributed by atoms with Crippen LogP contribution in [0.5, 0.6) is 0 Å². The normalized spacial score (nSPS) is 17.4. The van der Waals surface area contributed by atoms with Crippen LogP contribution in [0.3, 0.4) is 0 Å². The van der Waals surface area contributed by atoms with E-state index in [1.807, 2.05) is 38.1 Å². The molecule has 4 heterocycles. The second-order valence-electron chi connectivity index (χ2n) is 7.47. The fraction of sp³-hybridized carbons (Fsp3) is 0.400. The lowest BCUT2D eigenvalue weighted by Gasteiger charge is -2.23. The summed E-state index contributed by atoms with van der Waals surface area (Å²) < 4.78 is 33.3. The van der Waals surface area contributed by atoms with Gasteiger partial charge in [0.15, 0.2) is 5.76 Å². The predicted octanol–water partition coefficient (Wildman–Crippen LogP) is 3.36. The Labute approximate surface area is 175 Å². The van der Waals surface area contributed by atoms with Gasteiger partial charge in [0.25, 0.3) is 0 Å². The van der Waals surface area contributed by atoms with Crippen LogP contribution in [0.2, 0.25) is 0 Å². The maximum absolute atomic E-state index is 13.3. The van der Waals surface area contributed by atoms with Crippen molar-refractivity contribution >= 4 is 21.8 Å². The Morgan fingerprint density at radius 1 is 1.10 bits per heavy atom. The summed E-state index contributed by atoms with van der Waals surface area (Å²) in [5, 5.41) is 6.93. The van der Waals surface area contributed by atoms with E-state index in [4.69, 9.17) is 4.52 Å². The average molecular weight is 429 g/mol. The first-order valence-corrected chi connectivity index (χ1v) is 11.2. The van der Waals surface area contributed by atoms with Crippen LogP contribution in [-0.2, 0) is 10.0 Å². The van der Waals surface area contributed by atoms with Crippen LogP contribution >= 0.6 is 0 Å². The zero-order valence-electron chi connectivity index (χ0n) is 17.4. The summed E-state index contributed by atoms with van der Waals surface area (Å²) in [6, 6.07) is 7.05. The van der Waals surface area contributed by atoms with Crippen molar-refractivity contribution in [2.24, 2.45) is 0 Å². The monoisotopic (exact) mass is 428 g/mol. The van der Waals surface area contributed by atoms with Crippen LogP contribution in [0.25, 0.3) is 0 Å². The third kappa shape index (κ3) is 3.80. The van der Waals surface area contributed by atoms with Gasteiger partial charge in [-0.25, -0.2) is 23.4 Å². The Bertz CT molecular complexity index is 1150. The van der Waals surface area contributed by atoms with E-state index in [-0.39, 0.29) is 10.9 Å². The van der Waals surface area contributed by atoms with Gasteiger partial charge < -0.3 is 9.84 Å². The number of pyridine rings is 1. The van der Waals surface area contributed by atoms with Crippen LogP contribution in [0.1, 0.15) is 47.4 Å². The predicted molar refractivity (Wildman–Crippen MR) is 111 cm³/mol. The summed E-state index contributed by atoms with van der Waals surface area (Å²) in [5.41, 5.74) is 2.76. The molecule has 0 saturated carbocycles. The molecule has 3 aromatic rings. The third-order valence-corrected chi connectivity index (χ3v) is 7.23. The minimum absolute atomic E-state index is 0.146. The molecule has 0 radical (unpaired) electrons. The molecule has 1 N–H and O–H groups in total. The first kappa shape index (κ1) is 20.4.